The summed E-state index contributed by atoms with van der Waals surface area (Å²) in [6.45, 7) is 5.78. The lowest BCUT2D eigenvalue weighted by atomic mass is 10.1. The Labute approximate surface area is 97.2 Å². The van der Waals surface area contributed by atoms with E-state index < -0.39 is 0 Å². The lowest BCUT2D eigenvalue weighted by molar-refractivity contribution is -0.134. The van der Waals surface area contributed by atoms with Gasteiger partial charge in [-0.2, -0.15) is 0 Å². The van der Waals surface area contributed by atoms with Gasteiger partial charge in [-0.3, -0.25) is 4.79 Å². The predicted octanol–water partition coefficient (Wildman–Crippen LogP) is -0.0195. The Hall–Kier alpha value is -0.320. The van der Waals surface area contributed by atoms with Gasteiger partial charge in [0.25, 0.3) is 0 Å². The number of carbonyl (C=O) groups excluding carboxylic acids is 1. The van der Waals surface area contributed by atoms with E-state index in [0.29, 0.717) is 11.9 Å². The molecule has 2 heterocycles. The Morgan fingerprint density at radius 1 is 1.33 bits per heavy atom. The van der Waals surface area contributed by atoms with E-state index in [9.17, 15) is 4.79 Å². The van der Waals surface area contributed by atoms with Crippen LogP contribution in [-0.4, -0.2) is 49.1 Å². The van der Waals surface area contributed by atoms with Crippen molar-refractivity contribution in [3.05, 3.63) is 0 Å². The summed E-state index contributed by atoms with van der Waals surface area (Å²) in [5.41, 5.74) is 0. The fourth-order valence-electron chi connectivity index (χ4n) is 2.25. The third-order valence-electron chi connectivity index (χ3n) is 3.04. The van der Waals surface area contributed by atoms with Crippen LogP contribution in [0, 0.1) is 0 Å². The molecule has 0 aliphatic carbocycles. The average molecular weight is 234 g/mol. The van der Waals surface area contributed by atoms with Gasteiger partial charge in [0.1, 0.15) is 0 Å². The first-order valence-corrected chi connectivity index (χ1v) is 5.53. The van der Waals surface area contributed by atoms with Crippen LogP contribution in [0.3, 0.4) is 0 Å². The van der Waals surface area contributed by atoms with Crippen molar-refractivity contribution < 1.29 is 4.79 Å². The van der Waals surface area contributed by atoms with Crippen LogP contribution in [0.4, 0.5) is 0 Å². The Bertz CT molecular complexity index is 219. The molecule has 2 fully saturated rings. The molecule has 0 spiro atoms. The Balaban J connectivity index is 0.00000112. The lowest BCUT2D eigenvalue weighted by Crippen LogP contribution is -2.55. The molecule has 5 heteroatoms. The molecule has 0 aromatic carbocycles. The Kier molecular flexibility index (Phi) is 4.83. The molecule has 88 valence electrons. The average Bonchev–Trinajstić information content (AvgIpc) is 2.69. The molecule has 0 saturated carbocycles. The van der Waals surface area contributed by atoms with E-state index in [1.807, 2.05) is 4.90 Å². The van der Waals surface area contributed by atoms with Crippen LogP contribution >= 0.6 is 12.4 Å². The summed E-state index contributed by atoms with van der Waals surface area (Å²) in [6, 6.07) is 0.536. The van der Waals surface area contributed by atoms with Crippen LogP contribution in [0.2, 0.25) is 0 Å². The molecule has 2 saturated heterocycles. The van der Waals surface area contributed by atoms with E-state index in [0.717, 1.165) is 39.0 Å². The maximum Gasteiger partial charge on any atom is 0.239 e. The largest absolute Gasteiger partial charge is 0.339 e. The highest BCUT2D eigenvalue weighted by atomic mass is 35.5. The van der Waals surface area contributed by atoms with Crippen LogP contribution in [-0.2, 0) is 4.79 Å². The lowest BCUT2D eigenvalue weighted by Gasteiger charge is -2.33. The molecule has 0 bridgehead atoms. The molecule has 0 aromatic heterocycles. The molecule has 15 heavy (non-hydrogen) atoms. The van der Waals surface area contributed by atoms with Crippen LogP contribution in [0.15, 0.2) is 0 Å². The predicted molar refractivity (Wildman–Crippen MR) is 62.3 cm³/mol. The van der Waals surface area contributed by atoms with E-state index in [-0.39, 0.29) is 18.4 Å². The number of amides is 1. The summed E-state index contributed by atoms with van der Waals surface area (Å²) >= 11 is 0. The SMILES string of the molecule is C[C@@H]1CN(C(=O)C2CCCN2)CCN1.Cl. The van der Waals surface area contributed by atoms with Crippen molar-refractivity contribution in [1.82, 2.24) is 15.5 Å². The van der Waals surface area contributed by atoms with Crippen molar-refractivity contribution in [1.29, 1.82) is 0 Å². The van der Waals surface area contributed by atoms with Crippen molar-refractivity contribution in [3.8, 4) is 0 Å². The zero-order valence-electron chi connectivity index (χ0n) is 9.16. The molecule has 0 radical (unpaired) electrons. The number of nitrogens with zero attached hydrogens (tertiary/aromatic N) is 1. The molecular weight excluding hydrogens is 214 g/mol. The van der Waals surface area contributed by atoms with E-state index in [2.05, 4.69) is 17.6 Å². The number of halogens is 1. The first kappa shape index (κ1) is 12.7. The van der Waals surface area contributed by atoms with E-state index in [1.165, 1.54) is 0 Å². The second-order valence-electron chi connectivity index (χ2n) is 4.29. The maximum atomic E-state index is 12.0. The first-order chi connectivity index (χ1) is 6.77. The molecule has 2 atom stereocenters. The number of hydrogen-bond donors (Lipinski definition) is 2. The van der Waals surface area contributed by atoms with Gasteiger partial charge in [0, 0.05) is 25.7 Å². The highest BCUT2D eigenvalue weighted by Gasteiger charge is 2.28. The normalized spacial score (nSPS) is 31.1. The van der Waals surface area contributed by atoms with Crippen molar-refractivity contribution in [3.63, 3.8) is 0 Å². The van der Waals surface area contributed by atoms with E-state index in [4.69, 9.17) is 0 Å². The van der Waals surface area contributed by atoms with E-state index >= 15 is 0 Å². The summed E-state index contributed by atoms with van der Waals surface area (Å²) in [7, 11) is 0. The quantitative estimate of drug-likeness (QED) is 0.669. The summed E-state index contributed by atoms with van der Waals surface area (Å²) in [4.78, 5) is 14.0. The molecule has 4 nitrogen and oxygen atoms in total. The van der Waals surface area contributed by atoms with Gasteiger partial charge in [-0.05, 0) is 26.3 Å². The summed E-state index contributed by atoms with van der Waals surface area (Å²) in [5.74, 6) is 0.302. The van der Waals surface area contributed by atoms with Gasteiger partial charge >= 0.3 is 0 Å². The molecule has 2 rings (SSSR count). The highest BCUT2D eigenvalue weighted by Crippen LogP contribution is 2.10. The molecule has 2 aliphatic rings. The Morgan fingerprint density at radius 2 is 2.13 bits per heavy atom. The number of hydrogen-bond acceptors (Lipinski definition) is 3. The standard InChI is InChI=1S/C10H19N3O.ClH/c1-8-7-13(6-5-11-8)10(14)9-3-2-4-12-9;/h8-9,11-12H,2-7H2,1H3;1H/t8-,9?;/m1./s1. The number of piperazine rings is 1. The number of nitrogens with one attached hydrogen (secondary N) is 2. The number of carbonyl (C=O) groups is 1. The molecule has 1 unspecified atom stereocenters. The number of rotatable bonds is 1. The minimum Gasteiger partial charge on any atom is -0.339 e. The molecule has 0 aromatic rings. The minimum absolute atomic E-state index is 0. The highest BCUT2D eigenvalue weighted by molar-refractivity contribution is 5.85. The summed E-state index contributed by atoms with van der Waals surface area (Å²) in [6.07, 6.45) is 2.15. The van der Waals surface area contributed by atoms with Crippen LogP contribution in [0.1, 0.15) is 19.8 Å². The monoisotopic (exact) mass is 233 g/mol. The van der Waals surface area contributed by atoms with Gasteiger partial charge in [0.15, 0.2) is 0 Å². The second kappa shape index (κ2) is 5.68. The summed E-state index contributed by atoms with van der Waals surface area (Å²) < 4.78 is 0. The third-order valence-corrected chi connectivity index (χ3v) is 3.04. The first-order valence-electron chi connectivity index (χ1n) is 5.53. The molecule has 2 aliphatic heterocycles. The van der Waals surface area contributed by atoms with Gasteiger partial charge in [-0.1, -0.05) is 0 Å². The van der Waals surface area contributed by atoms with Crippen molar-refractivity contribution >= 4 is 18.3 Å². The minimum atomic E-state index is 0. The van der Waals surface area contributed by atoms with Crippen LogP contribution in [0.25, 0.3) is 0 Å². The topological polar surface area (TPSA) is 44.4 Å². The summed E-state index contributed by atoms with van der Waals surface area (Å²) in [5, 5.41) is 6.60. The van der Waals surface area contributed by atoms with Gasteiger partial charge in [0.05, 0.1) is 6.04 Å². The van der Waals surface area contributed by atoms with E-state index in [1.54, 1.807) is 0 Å². The van der Waals surface area contributed by atoms with Gasteiger partial charge in [-0.15, -0.1) is 12.4 Å². The van der Waals surface area contributed by atoms with Gasteiger partial charge in [-0.25, -0.2) is 0 Å². The van der Waals surface area contributed by atoms with Gasteiger partial charge in [0.2, 0.25) is 5.91 Å². The molecule has 1 amide bonds. The third kappa shape index (κ3) is 3.06. The fourth-order valence-corrected chi connectivity index (χ4v) is 2.25. The van der Waals surface area contributed by atoms with Crippen molar-refractivity contribution in [2.45, 2.75) is 31.8 Å². The maximum absolute atomic E-state index is 12.0. The fraction of sp³-hybridized carbons (Fsp3) is 0.900. The zero-order valence-corrected chi connectivity index (χ0v) is 9.98. The second-order valence-corrected chi connectivity index (χ2v) is 4.29. The molecule has 2 N–H and O–H groups in total. The zero-order chi connectivity index (χ0) is 9.97. The van der Waals surface area contributed by atoms with Crippen molar-refractivity contribution in [2.24, 2.45) is 0 Å². The smallest absolute Gasteiger partial charge is 0.239 e. The molecular formula is C10H20ClN3O. The Morgan fingerprint density at radius 3 is 2.73 bits per heavy atom. The van der Waals surface area contributed by atoms with Crippen LogP contribution < -0.4 is 10.6 Å². The van der Waals surface area contributed by atoms with Crippen molar-refractivity contribution in [2.75, 3.05) is 26.2 Å². The van der Waals surface area contributed by atoms with Crippen LogP contribution in [0.5, 0.6) is 0 Å². The van der Waals surface area contributed by atoms with Gasteiger partial charge < -0.3 is 15.5 Å².